The Bertz CT molecular complexity index is 904. The number of nitrogens with one attached hydrogen (secondary N) is 1. The molecule has 0 spiro atoms. The third-order valence-electron chi connectivity index (χ3n) is 4.41. The minimum absolute atomic E-state index is 0.0647. The average molecular weight is 348 g/mol. The number of rotatable bonds is 6. The van der Waals surface area contributed by atoms with Gasteiger partial charge in [0.05, 0.1) is 23.4 Å². The molecule has 3 aromatic rings. The summed E-state index contributed by atoms with van der Waals surface area (Å²) < 4.78 is 5.50. The normalized spacial score (nSPS) is 12.0. The van der Waals surface area contributed by atoms with E-state index >= 15 is 0 Å². The van der Waals surface area contributed by atoms with Crippen LogP contribution in [0.4, 0.5) is 0 Å². The summed E-state index contributed by atoms with van der Waals surface area (Å²) in [4.78, 5) is 17.5. The van der Waals surface area contributed by atoms with E-state index in [-0.39, 0.29) is 11.9 Å². The molecule has 1 amide bonds. The summed E-state index contributed by atoms with van der Waals surface area (Å²) >= 11 is 0. The molecule has 0 saturated carbocycles. The first-order valence-corrected chi connectivity index (χ1v) is 9.06. The molecule has 1 atom stereocenters. The number of carbonyl (C=O) groups is 1. The summed E-state index contributed by atoms with van der Waals surface area (Å²) in [7, 11) is 0. The highest BCUT2D eigenvalue weighted by Crippen LogP contribution is 2.26. The van der Waals surface area contributed by atoms with Gasteiger partial charge in [0, 0.05) is 17.0 Å². The number of hydrogen-bond donors (Lipinski definition) is 1. The SMILES string of the molecule is CCOc1ccc(-c2cc(C(=O)N[C@H](C)CC)c3ccccc3n2)cc1. The molecule has 0 saturated heterocycles. The maximum absolute atomic E-state index is 12.8. The maximum atomic E-state index is 12.8. The molecule has 1 N–H and O–H groups in total. The van der Waals surface area contributed by atoms with Crippen molar-refractivity contribution in [1.29, 1.82) is 0 Å². The molecule has 4 heteroatoms. The van der Waals surface area contributed by atoms with Crippen LogP contribution in [0.5, 0.6) is 5.75 Å². The summed E-state index contributed by atoms with van der Waals surface area (Å²) in [5.41, 5.74) is 3.20. The topological polar surface area (TPSA) is 51.2 Å². The van der Waals surface area contributed by atoms with Crippen molar-refractivity contribution >= 4 is 16.8 Å². The summed E-state index contributed by atoms with van der Waals surface area (Å²) in [5, 5.41) is 3.92. The highest BCUT2D eigenvalue weighted by atomic mass is 16.5. The van der Waals surface area contributed by atoms with Gasteiger partial charge in [0.15, 0.2) is 0 Å². The number of fused-ring (bicyclic) bond motifs is 1. The van der Waals surface area contributed by atoms with Gasteiger partial charge in [-0.25, -0.2) is 4.98 Å². The lowest BCUT2D eigenvalue weighted by Crippen LogP contribution is -2.32. The molecule has 0 aliphatic heterocycles. The number of para-hydroxylation sites is 1. The molecule has 0 aliphatic carbocycles. The molecule has 134 valence electrons. The van der Waals surface area contributed by atoms with Crippen molar-refractivity contribution in [2.24, 2.45) is 0 Å². The number of ether oxygens (including phenoxy) is 1. The number of nitrogens with zero attached hydrogens (tertiary/aromatic N) is 1. The van der Waals surface area contributed by atoms with E-state index in [4.69, 9.17) is 9.72 Å². The Morgan fingerprint density at radius 3 is 2.54 bits per heavy atom. The van der Waals surface area contributed by atoms with Crippen LogP contribution in [0.2, 0.25) is 0 Å². The molecular formula is C22H24N2O2. The lowest BCUT2D eigenvalue weighted by Gasteiger charge is -2.14. The third kappa shape index (κ3) is 3.85. The number of hydrogen-bond acceptors (Lipinski definition) is 3. The summed E-state index contributed by atoms with van der Waals surface area (Å²) in [5.74, 6) is 0.761. The van der Waals surface area contributed by atoms with Gasteiger partial charge in [-0.1, -0.05) is 25.1 Å². The number of pyridine rings is 1. The fraction of sp³-hybridized carbons (Fsp3) is 0.273. The largest absolute Gasteiger partial charge is 0.494 e. The van der Waals surface area contributed by atoms with E-state index in [0.29, 0.717) is 12.2 Å². The minimum atomic E-state index is -0.0647. The maximum Gasteiger partial charge on any atom is 0.252 e. The van der Waals surface area contributed by atoms with Gasteiger partial charge < -0.3 is 10.1 Å². The number of carbonyl (C=O) groups excluding carboxylic acids is 1. The van der Waals surface area contributed by atoms with E-state index in [1.807, 2.05) is 68.4 Å². The molecule has 26 heavy (non-hydrogen) atoms. The highest BCUT2D eigenvalue weighted by molar-refractivity contribution is 6.07. The first-order chi connectivity index (χ1) is 12.6. The molecule has 0 bridgehead atoms. The summed E-state index contributed by atoms with van der Waals surface area (Å²) in [6, 6.07) is 17.5. The second-order valence-corrected chi connectivity index (χ2v) is 6.31. The molecule has 0 fully saturated rings. The first kappa shape index (κ1) is 17.9. The van der Waals surface area contributed by atoms with Gasteiger partial charge in [-0.05, 0) is 56.7 Å². The summed E-state index contributed by atoms with van der Waals surface area (Å²) in [6.45, 7) is 6.66. The van der Waals surface area contributed by atoms with E-state index in [2.05, 4.69) is 12.2 Å². The van der Waals surface area contributed by atoms with Crippen molar-refractivity contribution in [3.8, 4) is 17.0 Å². The molecule has 0 unspecified atom stereocenters. The van der Waals surface area contributed by atoms with Crippen molar-refractivity contribution in [2.45, 2.75) is 33.2 Å². The Kier molecular flexibility index (Phi) is 5.52. The van der Waals surface area contributed by atoms with E-state index in [9.17, 15) is 4.79 Å². The van der Waals surface area contributed by atoms with Crippen LogP contribution >= 0.6 is 0 Å². The van der Waals surface area contributed by atoms with Gasteiger partial charge in [-0.2, -0.15) is 0 Å². The van der Waals surface area contributed by atoms with Crippen LogP contribution in [0, 0.1) is 0 Å². The second kappa shape index (κ2) is 8.00. The molecule has 1 aromatic heterocycles. The second-order valence-electron chi connectivity index (χ2n) is 6.31. The van der Waals surface area contributed by atoms with E-state index < -0.39 is 0 Å². The van der Waals surface area contributed by atoms with Crippen LogP contribution in [-0.2, 0) is 0 Å². The van der Waals surface area contributed by atoms with Gasteiger partial charge >= 0.3 is 0 Å². The smallest absolute Gasteiger partial charge is 0.252 e. The first-order valence-electron chi connectivity index (χ1n) is 9.06. The molecule has 1 heterocycles. The number of aromatic nitrogens is 1. The number of amides is 1. The Morgan fingerprint density at radius 2 is 1.85 bits per heavy atom. The zero-order valence-electron chi connectivity index (χ0n) is 15.5. The molecule has 2 aromatic carbocycles. The fourth-order valence-corrected chi connectivity index (χ4v) is 2.80. The van der Waals surface area contributed by atoms with Gasteiger partial charge in [-0.15, -0.1) is 0 Å². The predicted molar refractivity (Wildman–Crippen MR) is 106 cm³/mol. The molecule has 0 aliphatic rings. The van der Waals surface area contributed by atoms with Crippen molar-refractivity contribution in [2.75, 3.05) is 6.61 Å². The van der Waals surface area contributed by atoms with Gasteiger partial charge in [0.25, 0.3) is 5.91 Å². The molecule has 3 rings (SSSR count). The van der Waals surface area contributed by atoms with Crippen molar-refractivity contribution < 1.29 is 9.53 Å². The fourth-order valence-electron chi connectivity index (χ4n) is 2.80. The Morgan fingerprint density at radius 1 is 1.12 bits per heavy atom. The zero-order chi connectivity index (χ0) is 18.5. The lowest BCUT2D eigenvalue weighted by molar-refractivity contribution is 0.0941. The third-order valence-corrected chi connectivity index (χ3v) is 4.41. The van der Waals surface area contributed by atoms with Crippen LogP contribution in [0.3, 0.4) is 0 Å². The average Bonchev–Trinajstić information content (AvgIpc) is 2.67. The van der Waals surface area contributed by atoms with Crippen LogP contribution in [-0.4, -0.2) is 23.5 Å². The van der Waals surface area contributed by atoms with Crippen molar-refractivity contribution in [3.63, 3.8) is 0 Å². The van der Waals surface area contributed by atoms with Gasteiger partial charge in [-0.3, -0.25) is 4.79 Å². The summed E-state index contributed by atoms with van der Waals surface area (Å²) in [6.07, 6.45) is 0.889. The van der Waals surface area contributed by atoms with Crippen molar-refractivity contribution in [1.82, 2.24) is 10.3 Å². The van der Waals surface area contributed by atoms with Gasteiger partial charge in [0.1, 0.15) is 5.75 Å². The Balaban J connectivity index is 2.05. The van der Waals surface area contributed by atoms with Gasteiger partial charge in [0.2, 0.25) is 0 Å². The van der Waals surface area contributed by atoms with Crippen LogP contribution in [0.1, 0.15) is 37.6 Å². The zero-order valence-corrected chi connectivity index (χ0v) is 15.5. The quantitative estimate of drug-likeness (QED) is 0.694. The standard InChI is InChI=1S/C22H24N2O2/c1-4-15(3)23-22(25)19-14-21(24-20-9-7-6-8-18(19)20)16-10-12-17(13-11-16)26-5-2/h6-15H,4-5H2,1-3H3,(H,23,25)/t15-/m1/s1. The predicted octanol–water partition coefficient (Wildman–Crippen LogP) is 4.83. The Labute approximate surface area is 154 Å². The van der Waals surface area contributed by atoms with Crippen LogP contribution in [0.25, 0.3) is 22.2 Å². The van der Waals surface area contributed by atoms with E-state index in [0.717, 1.165) is 34.3 Å². The van der Waals surface area contributed by atoms with Crippen LogP contribution in [0.15, 0.2) is 54.6 Å². The van der Waals surface area contributed by atoms with Crippen LogP contribution < -0.4 is 10.1 Å². The van der Waals surface area contributed by atoms with E-state index in [1.165, 1.54) is 0 Å². The van der Waals surface area contributed by atoms with Crippen molar-refractivity contribution in [3.05, 3.63) is 60.2 Å². The van der Waals surface area contributed by atoms with E-state index in [1.54, 1.807) is 0 Å². The lowest BCUT2D eigenvalue weighted by atomic mass is 10.0. The Hall–Kier alpha value is -2.88. The molecular weight excluding hydrogens is 324 g/mol. The molecule has 0 radical (unpaired) electrons. The minimum Gasteiger partial charge on any atom is -0.494 e. The number of benzene rings is 2. The molecule has 4 nitrogen and oxygen atoms in total. The highest BCUT2D eigenvalue weighted by Gasteiger charge is 2.15. The monoisotopic (exact) mass is 348 g/mol.